The van der Waals surface area contributed by atoms with Crippen LogP contribution >= 0.6 is 0 Å². The number of rotatable bonds is 7. The number of hydrogen-bond acceptors (Lipinski definition) is 2. The van der Waals surface area contributed by atoms with Crippen molar-refractivity contribution in [2.24, 2.45) is 0 Å². The van der Waals surface area contributed by atoms with E-state index >= 15 is 0 Å². The van der Waals surface area contributed by atoms with E-state index in [1.165, 1.54) is 0 Å². The summed E-state index contributed by atoms with van der Waals surface area (Å²) in [6.45, 7) is 2.55. The van der Waals surface area contributed by atoms with Crippen LogP contribution < -0.4 is 10.2 Å². The predicted octanol–water partition coefficient (Wildman–Crippen LogP) is 2.79. The van der Waals surface area contributed by atoms with Gasteiger partial charge in [0.05, 0.1) is 0 Å². The molecule has 1 aromatic carbocycles. The smallest absolute Gasteiger partial charge is 0.321 e. The highest BCUT2D eigenvalue weighted by Crippen LogP contribution is 2.14. The second kappa shape index (κ2) is 8.19. The molecular weight excluding hydrogens is 256 g/mol. The van der Waals surface area contributed by atoms with Crippen LogP contribution in [0, 0.1) is 6.92 Å². The Kier molecular flexibility index (Phi) is 6.56. The Morgan fingerprint density at radius 1 is 1.25 bits per heavy atom. The number of aliphatic carboxylic acids is 1. The van der Waals surface area contributed by atoms with E-state index in [-0.39, 0.29) is 12.5 Å². The van der Waals surface area contributed by atoms with Crippen molar-refractivity contribution in [1.82, 2.24) is 5.32 Å². The summed E-state index contributed by atoms with van der Waals surface area (Å²) >= 11 is 0. The number of nitrogens with one attached hydrogen (secondary N) is 1. The highest BCUT2D eigenvalue weighted by Gasteiger charge is 2.09. The molecule has 0 radical (unpaired) electrons. The number of amides is 2. The van der Waals surface area contributed by atoms with Crippen LogP contribution in [0.1, 0.15) is 31.2 Å². The summed E-state index contributed by atoms with van der Waals surface area (Å²) in [5, 5.41) is 11.3. The molecule has 20 heavy (non-hydrogen) atoms. The summed E-state index contributed by atoms with van der Waals surface area (Å²) in [6, 6.07) is 7.60. The van der Waals surface area contributed by atoms with E-state index in [9.17, 15) is 9.59 Å². The number of benzene rings is 1. The molecule has 110 valence electrons. The van der Waals surface area contributed by atoms with E-state index in [1.807, 2.05) is 31.2 Å². The SMILES string of the molecule is Cc1cccc(N(C)C(=O)NCCCCCC(=O)O)c1. The number of anilines is 1. The third-order valence-electron chi connectivity index (χ3n) is 3.04. The molecule has 0 aliphatic heterocycles. The summed E-state index contributed by atoms with van der Waals surface area (Å²) in [5.41, 5.74) is 1.96. The molecule has 5 nitrogen and oxygen atoms in total. The van der Waals surface area contributed by atoms with Gasteiger partial charge >= 0.3 is 12.0 Å². The lowest BCUT2D eigenvalue weighted by atomic mass is 10.2. The van der Waals surface area contributed by atoms with Crippen molar-refractivity contribution in [2.45, 2.75) is 32.6 Å². The highest BCUT2D eigenvalue weighted by molar-refractivity contribution is 5.91. The first kappa shape index (κ1) is 16.0. The lowest BCUT2D eigenvalue weighted by Crippen LogP contribution is -2.37. The van der Waals surface area contributed by atoms with Crippen LogP contribution in [0.15, 0.2) is 24.3 Å². The number of carboxylic acid groups (broad SMARTS) is 1. The van der Waals surface area contributed by atoms with Crippen molar-refractivity contribution in [1.29, 1.82) is 0 Å². The van der Waals surface area contributed by atoms with Gasteiger partial charge in [0.2, 0.25) is 0 Å². The zero-order chi connectivity index (χ0) is 15.0. The summed E-state index contributed by atoms with van der Waals surface area (Å²) in [6.07, 6.45) is 2.44. The lowest BCUT2D eigenvalue weighted by molar-refractivity contribution is -0.137. The maximum atomic E-state index is 11.9. The molecule has 2 N–H and O–H groups in total. The van der Waals surface area contributed by atoms with E-state index in [4.69, 9.17) is 5.11 Å². The fourth-order valence-electron chi connectivity index (χ4n) is 1.85. The number of carboxylic acids is 1. The topological polar surface area (TPSA) is 69.6 Å². The number of unbranched alkanes of at least 4 members (excludes halogenated alkanes) is 2. The molecule has 0 bridgehead atoms. The normalized spacial score (nSPS) is 10.1. The van der Waals surface area contributed by atoms with Crippen LogP contribution in [-0.4, -0.2) is 30.7 Å². The maximum absolute atomic E-state index is 11.9. The Morgan fingerprint density at radius 3 is 2.65 bits per heavy atom. The molecule has 0 spiro atoms. The van der Waals surface area contributed by atoms with Crippen LogP contribution in [0.5, 0.6) is 0 Å². The lowest BCUT2D eigenvalue weighted by Gasteiger charge is -2.18. The Balaban J connectivity index is 2.27. The Morgan fingerprint density at radius 2 is 2.00 bits per heavy atom. The zero-order valence-corrected chi connectivity index (χ0v) is 12.1. The number of hydrogen-bond donors (Lipinski definition) is 2. The van der Waals surface area contributed by atoms with Gasteiger partial charge in [0.25, 0.3) is 0 Å². The van der Waals surface area contributed by atoms with E-state index in [0.717, 1.165) is 24.1 Å². The number of urea groups is 1. The van der Waals surface area contributed by atoms with Gasteiger partial charge in [-0.15, -0.1) is 0 Å². The third-order valence-corrected chi connectivity index (χ3v) is 3.04. The highest BCUT2D eigenvalue weighted by atomic mass is 16.4. The monoisotopic (exact) mass is 278 g/mol. The molecule has 0 atom stereocenters. The molecule has 0 fully saturated rings. The molecule has 0 saturated carbocycles. The van der Waals surface area contributed by atoms with E-state index in [1.54, 1.807) is 11.9 Å². The van der Waals surface area contributed by atoms with Gasteiger partial charge in [0, 0.05) is 25.7 Å². The standard InChI is InChI=1S/C15H22N2O3/c1-12-7-6-8-13(11-12)17(2)15(20)16-10-5-3-4-9-14(18)19/h6-8,11H,3-5,9-10H2,1-2H3,(H,16,20)(H,18,19). The fourth-order valence-corrected chi connectivity index (χ4v) is 1.85. The fraction of sp³-hybridized carbons (Fsp3) is 0.467. The summed E-state index contributed by atoms with van der Waals surface area (Å²) < 4.78 is 0. The molecule has 0 aliphatic rings. The molecule has 1 rings (SSSR count). The van der Waals surface area contributed by atoms with Crippen LogP contribution in [0.2, 0.25) is 0 Å². The van der Waals surface area contributed by atoms with Gasteiger partial charge in [-0.25, -0.2) is 4.79 Å². The Labute approximate surface area is 119 Å². The molecule has 0 unspecified atom stereocenters. The molecule has 0 saturated heterocycles. The van der Waals surface area contributed by atoms with Crippen molar-refractivity contribution in [3.63, 3.8) is 0 Å². The van der Waals surface area contributed by atoms with Gasteiger partial charge < -0.3 is 10.4 Å². The molecule has 0 heterocycles. The van der Waals surface area contributed by atoms with Gasteiger partial charge in [-0.05, 0) is 37.5 Å². The largest absolute Gasteiger partial charge is 0.481 e. The van der Waals surface area contributed by atoms with Gasteiger partial charge in [0.15, 0.2) is 0 Å². The van der Waals surface area contributed by atoms with E-state index in [0.29, 0.717) is 13.0 Å². The van der Waals surface area contributed by atoms with Crippen LogP contribution in [0.3, 0.4) is 0 Å². The van der Waals surface area contributed by atoms with Crippen molar-refractivity contribution in [3.8, 4) is 0 Å². The minimum atomic E-state index is -0.770. The number of carbonyl (C=O) groups is 2. The summed E-state index contributed by atoms with van der Waals surface area (Å²) in [4.78, 5) is 23.8. The second-order valence-electron chi connectivity index (χ2n) is 4.83. The molecule has 0 aliphatic carbocycles. The minimum absolute atomic E-state index is 0.145. The zero-order valence-electron chi connectivity index (χ0n) is 12.1. The molecule has 5 heteroatoms. The third kappa shape index (κ3) is 5.73. The van der Waals surface area contributed by atoms with Crippen molar-refractivity contribution in [3.05, 3.63) is 29.8 Å². The average molecular weight is 278 g/mol. The second-order valence-corrected chi connectivity index (χ2v) is 4.83. The van der Waals surface area contributed by atoms with Crippen LogP contribution in [-0.2, 0) is 4.79 Å². The van der Waals surface area contributed by atoms with Gasteiger partial charge in [-0.1, -0.05) is 18.6 Å². The van der Waals surface area contributed by atoms with Gasteiger partial charge in [-0.2, -0.15) is 0 Å². The maximum Gasteiger partial charge on any atom is 0.321 e. The Hall–Kier alpha value is -2.04. The summed E-state index contributed by atoms with van der Waals surface area (Å²) in [7, 11) is 1.73. The minimum Gasteiger partial charge on any atom is -0.481 e. The van der Waals surface area contributed by atoms with Crippen LogP contribution in [0.25, 0.3) is 0 Å². The molecular formula is C15H22N2O3. The quantitative estimate of drug-likeness (QED) is 0.753. The first-order valence-electron chi connectivity index (χ1n) is 6.80. The first-order chi connectivity index (χ1) is 9.50. The predicted molar refractivity (Wildman–Crippen MR) is 79.1 cm³/mol. The van der Waals surface area contributed by atoms with E-state index in [2.05, 4.69) is 5.32 Å². The average Bonchev–Trinajstić information content (AvgIpc) is 2.41. The van der Waals surface area contributed by atoms with Crippen molar-refractivity contribution < 1.29 is 14.7 Å². The first-order valence-corrected chi connectivity index (χ1v) is 6.80. The van der Waals surface area contributed by atoms with Gasteiger partial charge in [0.1, 0.15) is 0 Å². The van der Waals surface area contributed by atoms with Gasteiger partial charge in [-0.3, -0.25) is 9.69 Å². The van der Waals surface area contributed by atoms with Crippen LogP contribution in [0.4, 0.5) is 10.5 Å². The number of carbonyl (C=O) groups excluding carboxylic acids is 1. The molecule has 1 aromatic rings. The number of aryl methyl sites for hydroxylation is 1. The summed E-state index contributed by atoms with van der Waals surface area (Å²) in [5.74, 6) is -0.770. The molecule has 0 aromatic heterocycles. The number of nitrogens with zero attached hydrogens (tertiary/aromatic N) is 1. The Bertz CT molecular complexity index is 460. The molecule has 2 amide bonds. The van der Waals surface area contributed by atoms with Crippen molar-refractivity contribution >= 4 is 17.7 Å². The van der Waals surface area contributed by atoms with E-state index < -0.39 is 5.97 Å². The van der Waals surface area contributed by atoms with Crippen molar-refractivity contribution in [2.75, 3.05) is 18.5 Å².